The average Bonchev–Trinajstić information content (AvgIpc) is 3.84. The fourth-order valence-electron chi connectivity index (χ4n) is 9.65. The van der Waals surface area contributed by atoms with Crippen LogP contribution in [0.3, 0.4) is 0 Å². The van der Waals surface area contributed by atoms with E-state index in [1.54, 1.807) is 0 Å². The maximum atomic E-state index is 4.18. The molecule has 1 aromatic heterocycles. The van der Waals surface area contributed by atoms with Gasteiger partial charge >= 0.3 is 0 Å². The van der Waals surface area contributed by atoms with E-state index in [0.29, 0.717) is 5.92 Å². The Balaban J connectivity index is 0.000000184. The molecule has 6 aromatic carbocycles. The second-order valence-electron chi connectivity index (χ2n) is 15.5. The van der Waals surface area contributed by atoms with Crippen molar-refractivity contribution in [3.05, 3.63) is 258 Å². The van der Waals surface area contributed by atoms with Gasteiger partial charge < -0.3 is 5.32 Å². The highest BCUT2D eigenvalue weighted by atomic mass is 32.1. The molecule has 3 aliphatic carbocycles. The molecule has 292 valence electrons. The van der Waals surface area contributed by atoms with E-state index in [0.717, 1.165) is 5.69 Å². The van der Waals surface area contributed by atoms with E-state index in [1.165, 1.54) is 81.4 Å². The first-order chi connectivity index (χ1) is 29.6. The number of anilines is 1. The van der Waals surface area contributed by atoms with Gasteiger partial charge in [-0.1, -0.05) is 194 Å². The van der Waals surface area contributed by atoms with Crippen LogP contribution in [-0.4, -0.2) is 7.05 Å². The van der Waals surface area contributed by atoms with E-state index < -0.39 is 0 Å². The number of nitrogens with one attached hydrogen (secondary N) is 1. The number of benzene rings is 6. The molecule has 60 heavy (non-hydrogen) atoms. The van der Waals surface area contributed by atoms with Crippen LogP contribution in [0.1, 0.15) is 30.5 Å². The van der Waals surface area contributed by atoms with Gasteiger partial charge in [0.25, 0.3) is 0 Å². The van der Waals surface area contributed by atoms with E-state index in [9.17, 15) is 0 Å². The monoisotopic (exact) mass is 791 g/mol. The lowest BCUT2D eigenvalue weighted by molar-refractivity contribution is 0.614. The number of hydrogen-bond donors (Lipinski definition) is 1. The molecule has 10 rings (SSSR count). The van der Waals surface area contributed by atoms with Crippen molar-refractivity contribution in [1.82, 2.24) is 0 Å². The van der Waals surface area contributed by atoms with Gasteiger partial charge in [0.15, 0.2) is 0 Å². The summed E-state index contributed by atoms with van der Waals surface area (Å²) in [5.41, 5.74) is 15.1. The van der Waals surface area contributed by atoms with Gasteiger partial charge in [0.05, 0.1) is 5.41 Å². The fourth-order valence-corrected chi connectivity index (χ4v) is 10.9. The summed E-state index contributed by atoms with van der Waals surface area (Å²) < 4.78 is 2.72. The smallest absolute Gasteiger partial charge is 0.0710 e. The molecule has 2 unspecified atom stereocenters. The van der Waals surface area contributed by atoms with Gasteiger partial charge in [-0.05, 0) is 93.3 Å². The van der Waals surface area contributed by atoms with Gasteiger partial charge in [-0.25, -0.2) is 0 Å². The summed E-state index contributed by atoms with van der Waals surface area (Å²) in [4.78, 5) is 0. The SMILES string of the molecule is C=CC1C(/C=C\C)=CC(/C=C\C(=C/C)C2(c3ccccc3)c3ccccc3-c3ccccc32)=C2C=CC=CC21.CNc1cccc(-c2cccc3c2sc2ccccc23)c1. The van der Waals surface area contributed by atoms with Crippen LogP contribution in [-0.2, 0) is 5.41 Å². The summed E-state index contributed by atoms with van der Waals surface area (Å²) in [6.07, 6.45) is 24.7. The number of thiophene rings is 1. The normalized spacial score (nSPS) is 17.6. The Morgan fingerprint density at radius 1 is 0.700 bits per heavy atom. The fraction of sp³-hybridized carbons (Fsp3) is 0.103. The highest BCUT2D eigenvalue weighted by molar-refractivity contribution is 7.26. The van der Waals surface area contributed by atoms with Gasteiger partial charge in [-0.3, -0.25) is 0 Å². The minimum absolute atomic E-state index is 0.278. The maximum absolute atomic E-state index is 4.18. The van der Waals surface area contributed by atoms with E-state index in [4.69, 9.17) is 0 Å². The quantitative estimate of drug-likeness (QED) is 0.119. The molecule has 0 saturated carbocycles. The van der Waals surface area contributed by atoms with Crippen LogP contribution in [0.25, 0.3) is 42.4 Å². The molecule has 1 nitrogen and oxygen atoms in total. The second-order valence-corrected chi connectivity index (χ2v) is 16.5. The highest BCUT2D eigenvalue weighted by Gasteiger charge is 2.46. The van der Waals surface area contributed by atoms with Crippen molar-refractivity contribution in [2.24, 2.45) is 11.8 Å². The molecular formula is C58H49NS. The highest BCUT2D eigenvalue weighted by Crippen LogP contribution is 2.56. The summed E-state index contributed by atoms with van der Waals surface area (Å²) in [5, 5.41) is 5.92. The zero-order chi connectivity index (χ0) is 41.1. The van der Waals surface area contributed by atoms with Gasteiger partial charge in [0.2, 0.25) is 0 Å². The van der Waals surface area contributed by atoms with Crippen LogP contribution in [0, 0.1) is 11.8 Å². The number of rotatable bonds is 8. The second kappa shape index (κ2) is 16.9. The zero-order valence-corrected chi connectivity index (χ0v) is 35.3. The molecule has 2 heteroatoms. The lowest BCUT2D eigenvalue weighted by Gasteiger charge is -2.35. The van der Waals surface area contributed by atoms with Crippen LogP contribution >= 0.6 is 11.3 Å². The molecule has 0 bridgehead atoms. The standard InChI is InChI=1S/C39H34.C19H15NS/c1-4-16-28-27-29(33-19-10-11-20-34(33)32(28)6-3)25-26-30(5-2)39(31-17-8-7-9-18-31)37-23-14-12-21-35(37)36-22-13-15-24-38(36)39;1-20-14-7-4-6-13(12-14)15-9-5-10-17-16-8-2-3-11-18(16)21-19(15)17/h4-27,32,34H,3H2,1-2H3;2-12,20H,1H3/b16-4-,26-25-,30-5+;. The first kappa shape index (κ1) is 38.8. The van der Waals surface area contributed by atoms with Gasteiger partial charge in [-0.2, -0.15) is 0 Å². The maximum Gasteiger partial charge on any atom is 0.0710 e. The summed E-state index contributed by atoms with van der Waals surface area (Å²) in [6, 6.07) is 52.6. The Labute approximate surface area is 359 Å². The van der Waals surface area contributed by atoms with E-state index in [2.05, 4.69) is 238 Å². The predicted molar refractivity (Wildman–Crippen MR) is 261 cm³/mol. The molecule has 0 amide bonds. The van der Waals surface area contributed by atoms with Gasteiger partial charge in [0.1, 0.15) is 0 Å². The molecule has 0 radical (unpaired) electrons. The van der Waals surface area contributed by atoms with E-state index in [-0.39, 0.29) is 11.3 Å². The summed E-state index contributed by atoms with van der Waals surface area (Å²) >= 11 is 1.88. The molecule has 3 aliphatic rings. The molecule has 2 atom stereocenters. The van der Waals surface area contributed by atoms with Gasteiger partial charge in [0, 0.05) is 44.7 Å². The van der Waals surface area contributed by atoms with Crippen molar-refractivity contribution in [2.45, 2.75) is 19.3 Å². The van der Waals surface area contributed by atoms with Crippen molar-refractivity contribution in [1.29, 1.82) is 0 Å². The number of allylic oxidation sites excluding steroid dienone is 15. The number of fused-ring (bicyclic) bond motifs is 7. The molecule has 7 aromatic rings. The predicted octanol–water partition coefficient (Wildman–Crippen LogP) is 15.6. The Bertz CT molecular complexity index is 2910. The lowest BCUT2D eigenvalue weighted by Crippen LogP contribution is -2.29. The van der Waals surface area contributed by atoms with Crippen molar-refractivity contribution < 1.29 is 0 Å². The third kappa shape index (κ3) is 6.68. The third-order valence-corrected chi connectivity index (χ3v) is 13.5. The Kier molecular flexibility index (Phi) is 10.9. The third-order valence-electron chi connectivity index (χ3n) is 12.3. The van der Waals surface area contributed by atoms with E-state index >= 15 is 0 Å². The topological polar surface area (TPSA) is 12.0 Å². The molecule has 0 fully saturated rings. The largest absolute Gasteiger partial charge is 0.388 e. The molecule has 0 saturated heterocycles. The van der Waals surface area contributed by atoms with Crippen LogP contribution < -0.4 is 5.32 Å². The van der Waals surface area contributed by atoms with Crippen molar-refractivity contribution in [2.75, 3.05) is 12.4 Å². The van der Waals surface area contributed by atoms with Crippen LogP contribution in [0.4, 0.5) is 5.69 Å². The molecule has 1 heterocycles. The van der Waals surface area contributed by atoms with Crippen LogP contribution in [0.2, 0.25) is 0 Å². The summed E-state index contributed by atoms with van der Waals surface area (Å²) in [5.74, 6) is 0.577. The summed E-state index contributed by atoms with van der Waals surface area (Å²) in [7, 11) is 1.96. The Morgan fingerprint density at radius 3 is 2.12 bits per heavy atom. The van der Waals surface area contributed by atoms with Crippen molar-refractivity contribution >= 4 is 37.2 Å². The Morgan fingerprint density at radius 2 is 1.38 bits per heavy atom. The molecular weight excluding hydrogens is 743 g/mol. The number of hydrogen-bond acceptors (Lipinski definition) is 2. The lowest BCUT2D eigenvalue weighted by atomic mass is 9.66. The first-order valence-electron chi connectivity index (χ1n) is 20.9. The minimum atomic E-state index is -0.388. The van der Waals surface area contributed by atoms with E-state index in [1.807, 2.05) is 18.4 Å². The van der Waals surface area contributed by atoms with Gasteiger partial charge in [-0.15, -0.1) is 17.9 Å². The molecule has 1 N–H and O–H groups in total. The zero-order valence-electron chi connectivity index (χ0n) is 34.5. The van der Waals surface area contributed by atoms with Crippen molar-refractivity contribution in [3.8, 4) is 22.3 Å². The van der Waals surface area contributed by atoms with Crippen LogP contribution in [0.15, 0.2) is 241 Å². The summed E-state index contributed by atoms with van der Waals surface area (Å²) in [6.45, 7) is 8.44. The van der Waals surface area contributed by atoms with Crippen LogP contribution in [0.5, 0.6) is 0 Å². The molecule has 0 spiro atoms. The Hall–Kier alpha value is -6.74. The molecule has 0 aliphatic heterocycles. The average molecular weight is 792 g/mol. The van der Waals surface area contributed by atoms with Crippen molar-refractivity contribution in [3.63, 3.8) is 0 Å². The first-order valence-corrected chi connectivity index (χ1v) is 21.8. The minimum Gasteiger partial charge on any atom is -0.388 e.